The van der Waals surface area contributed by atoms with Gasteiger partial charge < -0.3 is 4.74 Å². The van der Waals surface area contributed by atoms with Gasteiger partial charge in [0.1, 0.15) is 5.82 Å². The highest BCUT2D eigenvalue weighted by atomic mass is 19.1. The average molecular weight is 302 g/mol. The molecule has 0 fully saturated rings. The minimum atomic E-state index is -0.254. The zero-order chi connectivity index (χ0) is 15.6. The van der Waals surface area contributed by atoms with Gasteiger partial charge in [0.25, 0.3) is 0 Å². The van der Waals surface area contributed by atoms with Crippen LogP contribution in [0.25, 0.3) is 11.3 Å². The second-order valence-corrected chi connectivity index (χ2v) is 5.36. The summed E-state index contributed by atoms with van der Waals surface area (Å²) in [5.74, 6) is 0.287. The highest BCUT2D eigenvalue weighted by Crippen LogP contribution is 2.17. The molecule has 2 rings (SSSR count). The van der Waals surface area contributed by atoms with Gasteiger partial charge in [0.15, 0.2) is 0 Å². The van der Waals surface area contributed by atoms with Gasteiger partial charge in [-0.2, -0.15) is 0 Å². The quantitative estimate of drug-likeness (QED) is 0.610. The van der Waals surface area contributed by atoms with Crippen LogP contribution in [0.4, 0.5) is 4.39 Å². The van der Waals surface area contributed by atoms with E-state index in [1.807, 2.05) is 0 Å². The van der Waals surface area contributed by atoms with E-state index in [-0.39, 0.29) is 5.82 Å². The van der Waals surface area contributed by atoms with Crippen LogP contribution in [0.5, 0.6) is 5.88 Å². The molecule has 4 heteroatoms. The van der Waals surface area contributed by atoms with Crippen molar-refractivity contribution in [1.82, 2.24) is 9.97 Å². The monoisotopic (exact) mass is 302 g/mol. The van der Waals surface area contributed by atoms with Crippen LogP contribution in [0.1, 0.15) is 45.4 Å². The van der Waals surface area contributed by atoms with Gasteiger partial charge in [0, 0.05) is 5.56 Å². The highest BCUT2D eigenvalue weighted by molar-refractivity contribution is 5.57. The summed E-state index contributed by atoms with van der Waals surface area (Å²) in [6, 6.07) is 6.21. The molecule has 0 N–H and O–H groups in total. The predicted octanol–water partition coefficient (Wildman–Crippen LogP) is 5.02. The Labute approximate surface area is 131 Å². The zero-order valence-electron chi connectivity index (χ0n) is 13.1. The van der Waals surface area contributed by atoms with E-state index in [1.54, 1.807) is 24.5 Å². The maximum absolute atomic E-state index is 12.9. The van der Waals surface area contributed by atoms with Crippen molar-refractivity contribution in [3.63, 3.8) is 0 Å². The third-order valence-corrected chi connectivity index (χ3v) is 3.52. The van der Waals surface area contributed by atoms with E-state index < -0.39 is 0 Å². The molecule has 1 aromatic heterocycles. The van der Waals surface area contributed by atoms with Gasteiger partial charge in [0.05, 0.1) is 24.7 Å². The summed E-state index contributed by atoms with van der Waals surface area (Å²) in [6.07, 6.45) is 10.7. The van der Waals surface area contributed by atoms with Gasteiger partial charge >= 0.3 is 0 Å². The predicted molar refractivity (Wildman–Crippen MR) is 86.3 cm³/mol. The van der Waals surface area contributed by atoms with E-state index in [1.165, 1.54) is 44.2 Å². The molecule has 3 nitrogen and oxygen atoms in total. The van der Waals surface area contributed by atoms with Gasteiger partial charge in [-0.05, 0) is 30.7 Å². The molecule has 0 unspecified atom stereocenters. The molecular formula is C18H23FN2O. The fourth-order valence-electron chi connectivity index (χ4n) is 2.22. The Kier molecular flexibility index (Phi) is 6.81. The smallest absolute Gasteiger partial charge is 0.232 e. The first-order valence-electron chi connectivity index (χ1n) is 8.00. The third kappa shape index (κ3) is 5.43. The molecule has 0 bridgehead atoms. The molecule has 0 aliphatic carbocycles. The molecule has 1 aromatic carbocycles. The second kappa shape index (κ2) is 9.13. The van der Waals surface area contributed by atoms with Crippen LogP contribution in [0.15, 0.2) is 36.7 Å². The van der Waals surface area contributed by atoms with Crippen LogP contribution in [-0.2, 0) is 0 Å². The molecule has 0 aliphatic rings. The number of nitrogens with zero attached hydrogens (tertiary/aromatic N) is 2. The van der Waals surface area contributed by atoms with Crippen molar-refractivity contribution >= 4 is 0 Å². The number of rotatable bonds is 9. The molecule has 1 heterocycles. The molecule has 0 atom stereocenters. The highest BCUT2D eigenvalue weighted by Gasteiger charge is 2.02. The maximum atomic E-state index is 12.9. The summed E-state index contributed by atoms with van der Waals surface area (Å²) in [7, 11) is 0. The number of aromatic nitrogens is 2. The maximum Gasteiger partial charge on any atom is 0.232 e. The number of ether oxygens (including phenoxy) is 1. The molecule has 118 valence electrons. The number of unbranched alkanes of at least 4 members (excludes halogenated alkanes) is 5. The van der Waals surface area contributed by atoms with Crippen molar-refractivity contribution in [2.75, 3.05) is 6.61 Å². The number of benzene rings is 1. The lowest BCUT2D eigenvalue weighted by Crippen LogP contribution is -2.00. The average Bonchev–Trinajstić information content (AvgIpc) is 2.55. The molecule has 22 heavy (non-hydrogen) atoms. The number of halogens is 1. The van der Waals surface area contributed by atoms with Crippen LogP contribution in [0.2, 0.25) is 0 Å². The van der Waals surface area contributed by atoms with Gasteiger partial charge in [-0.3, -0.25) is 0 Å². The molecule has 2 aromatic rings. The standard InChI is InChI=1S/C18H23FN2O/c1-2-3-4-5-6-7-12-22-18-14-20-17(13-21-18)15-8-10-16(19)11-9-15/h8-11,13-14H,2-7,12H2,1H3. The zero-order valence-corrected chi connectivity index (χ0v) is 13.1. The molecule has 0 saturated carbocycles. The summed E-state index contributed by atoms with van der Waals surface area (Å²) in [5.41, 5.74) is 1.56. The van der Waals surface area contributed by atoms with E-state index in [0.717, 1.165) is 12.0 Å². The van der Waals surface area contributed by atoms with Crippen molar-refractivity contribution < 1.29 is 9.13 Å². The largest absolute Gasteiger partial charge is 0.477 e. The van der Waals surface area contributed by atoms with E-state index in [0.29, 0.717) is 18.2 Å². The number of hydrogen-bond acceptors (Lipinski definition) is 3. The molecular weight excluding hydrogens is 279 g/mol. The topological polar surface area (TPSA) is 35.0 Å². The van der Waals surface area contributed by atoms with Gasteiger partial charge in [-0.1, -0.05) is 39.0 Å². The summed E-state index contributed by atoms with van der Waals surface area (Å²) in [5, 5.41) is 0. The Morgan fingerprint density at radius 1 is 0.909 bits per heavy atom. The summed E-state index contributed by atoms with van der Waals surface area (Å²) >= 11 is 0. The SMILES string of the molecule is CCCCCCCCOc1cnc(-c2ccc(F)cc2)cn1. The third-order valence-electron chi connectivity index (χ3n) is 3.52. The fraction of sp³-hybridized carbons (Fsp3) is 0.444. The van der Waals surface area contributed by atoms with Gasteiger partial charge in [-0.15, -0.1) is 0 Å². The van der Waals surface area contributed by atoms with Crippen LogP contribution >= 0.6 is 0 Å². The Bertz CT molecular complexity index is 540. The van der Waals surface area contributed by atoms with Crippen molar-refractivity contribution in [1.29, 1.82) is 0 Å². The summed E-state index contributed by atoms with van der Waals surface area (Å²) in [4.78, 5) is 8.55. The molecule has 0 spiro atoms. The minimum Gasteiger partial charge on any atom is -0.477 e. The van der Waals surface area contributed by atoms with E-state index in [2.05, 4.69) is 16.9 Å². The van der Waals surface area contributed by atoms with Gasteiger partial charge in [-0.25, -0.2) is 14.4 Å². The molecule has 0 aliphatic heterocycles. The summed E-state index contributed by atoms with van der Waals surface area (Å²) in [6.45, 7) is 2.90. The van der Waals surface area contributed by atoms with Crippen molar-refractivity contribution in [3.05, 3.63) is 42.5 Å². The lowest BCUT2D eigenvalue weighted by molar-refractivity contribution is 0.292. The van der Waals surface area contributed by atoms with E-state index in [9.17, 15) is 4.39 Å². The lowest BCUT2D eigenvalue weighted by Gasteiger charge is -2.06. The molecule has 0 amide bonds. The first-order chi connectivity index (χ1) is 10.8. The van der Waals surface area contributed by atoms with Gasteiger partial charge in [0.2, 0.25) is 5.88 Å². The molecule has 0 saturated heterocycles. The first-order valence-corrected chi connectivity index (χ1v) is 8.00. The Balaban J connectivity index is 1.74. The number of hydrogen-bond donors (Lipinski definition) is 0. The van der Waals surface area contributed by atoms with Crippen LogP contribution < -0.4 is 4.74 Å². The fourth-order valence-corrected chi connectivity index (χ4v) is 2.22. The van der Waals surface area contributed by atoms with Crippen LogP contribution in [0, 0.1) is 5.82 Å². The second-order valence-electron chi connectivity index (χ2n) is 5.36. The van der Waals surface area contributed by atoms with Crippen LogP contribution in [0.3, 0.4) is 0 Å². The Hall–Kier alpha value is -1.97. The Morgan fingerprint density at radius 2 is 1.64 bits per heavy atom. The van der Waals surface area contributed by atoms with Crippen molar-refractivity contribution in [2.24, 2.45) is 0 Å². The normalized spacial score (nSPS) is 10.6. The van der Waals surface area contributed by atoms with E-state index in [4.69, 9.17) is 4.74 Å². The van der Waals surface area contributed by atoms with Crippen LogP contribution in [-0.4, -0.2) is 16.6 Å². The molecule has 0 radical (unpaired) electrons. The van der Waals surface area contributed by atoms with E-state index >= 15 is 0 Å². The van der Waals surface area contributed by atoms with Crippen molar-refractivity contribution in [2.45, 2.75) is 45.4 Å². The summed E-state index contributed by atoms with van der Waals surface area (Å²) < 4.78 is 18.5. The lowest BCUT2D eigenvalue weighted by atomic mass is 10.1. The minimum absolute atomic E-state index is 0.254. The van der Waals surface area contributed by atoms with Crippen molar-refractivity contribution in [3.8, 4) is 17.1 Å². The Morgan fingerprint density at radius 3 is 2.32 bits per heavy atom. The first kappa shape index (κ1) is 16.4.